The van der Waals surface area contributed by atoms with Gasteiger partial charge in [0.1, 0.15) is 6.10 Å². The summed E-state index contributed by atoms with van der Waals surface area (Å²) >= 11 is 0. The minimum absolute atomic E-state index is 0.151. The first-order valence-electron chi connectivity index (χ1n) is 8.07. The molecule has 22 heavy (non-hydrogen) atoms. The minimum atomic E-state index is -0.334. The number of para-hydroxylation sites is 1. The fourth-order valence-corrected chi connectivity index (χ4v) is 2.67. The average molecular weight is 307 g/mol. The highest BCUT2D eigenvalue weighted by atomic mass is 19.1. The van der Waals surface area contributed by atoms with E-state index in [1.807, 2.05) is 6.92 Å². The molecule has 0 bridgehead atoms. The van der Waals surface area contributed by atoms with Gasteiger partial charge in [-0.25, -0.2) is 4.39 Å². The van der Waals surface area contributed by atoms with E-state index in [0.29, 0.717) is 12.6 Å². The van der Waals surface area contributed by atoms with Gasteiger partial charge in [0.15, 0.2) is 17.5 Å². The van der Waals surface area contributed by atoms with E-state index < -0.39 is 0 Å². The summed E-state index contributed by atoms with van der Waals surface area (Å²) in [7, 11) is 1.76. The first-order chi connectivity index (χ1) is 10.7. The Morgan fingerprint density at radius 3 is 2.73 bits per heavy atom. The van der Waals surface area contributed by atoms with Crippen LogP contribution in [-0.2, 0) is 0 Å². The molecule has 2 N–H and O–H groups in total. The second-order valence-electron chi connectivity index (χ2n) is 5.79. The Morgan fingerprint density at radius 1 is 1.32 bits per heavy atom. The molecule has 1 fully saturated rings. The van der Waals surface area contributed by atoms with Crippen LogP contribution in [0.25, 0.3) is 0 Å². The maximum Gasteiger partial charge on any atom is 0.191 e. The zero-order chi connectivity index (χ0) is 15.8. The van der Waals surface area contributed by atoms with Gasteiger partial charge in [-0.05, 0) is 31.9 Å². The lowest BCUT2D eigenvalue weighted by atomic mass is 9.96. The van der Waals surface area contributed by atoms with Crippen molar-refractivity contribution in [2.45, 2.75) is 51.2 Å². The smallest absolute Gasteiger partial charge is 0.191 e. The first kappa shape index (κ1) is 16.6. The molecule has 5 heteroatoms. The second-order valence-corrected chi connectivity index (χ2v) is 5.79. The highest BCUT2D eigenvalue weighted by molar-refractivity contribution is 5.79. The van der Waals surface area contributed by atoms with Crippen LogP contribution in [0.5, 0.6) is 5.75 Å². The molecule has 1 atom stereocenters. The first-order valence-corrected chi connectivity index (χ1v) is 8.07. The van der Waals surface area contributed by atoms with Gasteiger partial charge in [0, 0.05) is 13.1 Å². The van der Waals surface area contributed by atoms with Gasteiger partial charge < -0.3 is 15.4 Å². The summed E-state index contributed by atoms with van der Waals surface area (Å²) in [4.78, 5) is 4.24. The van der Waals surface area contributed by atoms with Gasteiger partial charge in [0.2, 0.25) is 0 Å². The Hall–Kier alpha value is -1.78. The quantitative estimate of drug-likeness (QED) is 0.649. The zero-order valence-electron chi connectivity index (χ0n) is 13.4. The van der Waals surface area contributed by atoms with Crippen LogP contribution >= 0.6 is 0 Å². The molecule has 4 nitrogen and oxygen atoms in total. The Balaban J connectivity index is 1.76. The van der Waals surface area contributed by atoms with Crippen LogP contribution in [0.1, 0.15) is 39.0 Å². The van der Waals surface area contributed by atoms with Gasteiger partial charge in [-0.1, -0.05) is 31.4 Å². The van der Waals surface area contributed by atoms with E-state index in [1.54, 1.807) is 25.2 Å². The van der Waals surface area contributed by atoms with Crippen LogP contribution in [0.4, 0.5) is 4.39 Å². The second kappa shape index (κ2) is 8.61. The summed E-state index contributed by atoms with van der Waals surface area (Å²) in [6, 6.07) is 6.96. The van der Waals surface area contributed by atoms with Gasteiger partial charge in [-0.3, -0.25) is 4.99 Å². The molecule has 0 spiro atoms. The molecular weight excluding hydrogens is 281 g/mol. The van der Waals surface area contributed by atoms with E-state index in [-0.39, 0.29) is 17.7 Å². The Labute approximate surface area is 132 Å². The number of nitrogens with zero attached hydrogens (tertiary/aromatic N) is 1. The third-order valence-corrected chi connectivity index (χ3v) is 3.89. The Morgan fingerprint density at radius 2 is 2.05 bits per heavy atom. The zero-order valence-corrected chi connectivity index (χ0v) is 13.4. The van der Waals surface area contributed by atoms with E-state index in [9.17, 15) is 4.39 Å². The summed E-state index contributed by atoms with van der Waals surface area (Å²) in [6.45, 7) is 2.48. The van der Waals surface area contributed by atoms with Crippen molar-refractivity contribution in [1.29, 1.82) is 0 Å². The van der Waals surface area contributed by atoms with E-state index in [4.69, 9.17) is 4.74 Å². The lowest BCUT2D eigenvalue weighted by Crippen LogP contribution is -2.46. The third-order valence-electron chi connectivity index (χ3n) is 3.89. The van der Waals surface area contributed by atoms with Gasteiger partial charge in [0.05, 0.1) is 6.54 Å². The van der Waals surface area contributed by atoms with Crippen molar-refractivity contribution >= 4 is 5.96 Å². The van der Waals surface area contributed by atoms with E-state index >= 15 is 0 Å². The maximum atomic E-state index is 13.5. The molecule has 2 rings (SSSR count). The van der Waals surface area contributed by atoms with Crippen molar-refractivity contribution in [2.24, 2.45) is 4.99 Å². The fraction of sp³-hybridized carbons (Fsp3) is 0.588. The van der Waals surface area contributed by atoms with Gasteiger partial charge in [0.25, 0.3) is 0 Å². The highest BCUT2D eigenvalue weighted by Crippen LogP contribution is 2.18. The molecule has 1 aliphatic rings. The molecule has 1 aromatic carbocycles. The van der Waals surface area contributed by atoms with Crippen molar-refractivity contribution in [2.75, 3.05) is 13.6 Å². The predicted octanol–water partition coefficient (Wildman–Crippen LogP) is 3.09. The molecule has 0 heterocycles. The number of guanidine groups is 1. The Kier molecular flexibility index (Phi) is 6.49. The molecule has 0 amide bonds. The summed E-state index contributed by atoms with van der Waals surface area (Å²) in [5.41, 5.74) is 0. The van der Waals surface area contributed by atoms with E-state index in [2.05, 4.69) is 15.6 Å². The van der Waals surface area contributed by atoms with Crippen LogP contribution in [-0.4, -0.2) is 31.7 Å². The average Bonchev–Trinajstić information content (AvgIpc) is 2.54. The monoisotopic (exact) mass is 307 g/mol. The molecule has 1 saturated carbocycles. The molecule has 0 radical (unpaired) electrons. The molecule has 0 aromatic heterocycles. The summed E-state index contributed by atoms with van der Waals surface area (Å²) in [5, 5.41) is 6.69. The largest absolute Gasteiger partial charge is 0.486 e. The lowest BCUT2D eigenvalue weighted by Gasteiger charge is -2.25. The summed E-state index contributed by atoms with van der Waals surface area (Å²) in [6.07, 6.45) is 6.13. The summed E-state index contributed by atoms with van der Waals surface area (Å²) in [5.74, 6) is 0.738. The van der Waals surface area contributed by atoms with Crippen LogP contribution < -0.4 is 15.4 Å². The summed E-state index contributed by atoms with van der Waals surface area (Å²) < 4.78 is 19.2. The van der Waals surface area contributed by atoms with Gasteiger partial charge >= 0.3 is 0 Å². The number of nitrogens with one attached hydrogen (secondary N) is 2. The number of halogens is 1. The molecule has 0 saturated heterocycles. The normalized spacial score (nSPS) is 17.9. The molecule has 0 aliphatic heterocycles. The number of benzene rings is 1. The number of hydrogen-bond donors (Lipinski definition) is 2. The minimum Gasteiger partial charge on any atom is -0.486 e. The fourth-order valence-electron chi connectivity index (χ4n) is 2.67. The predicted molar refractivity (Wildman–Crippen MR) is 87.9 cm³/mol. The SMILES string of the molecule is CN=C(NCC(C)Oc1ccccc1F)NC1CCCCC1. The van der Waals surface area contributed by atoms with Crippen LogP contribution in [0, 0.1) is 5.82 Å². The topological polar surface area (TPSA) is 45.7 Å². The molecule has 1 aliphatic carbocycles. The van der Waals surface area contributed by atoms with Crippen molar-refractivity contribution in [3.05, 3.63) is 30.1 Å². The van der Waals surface area contributed by atoms with Crippen LogP contribution in [0.15, 0.2) is 29.3 Å². The van der Waals surface area contributed by atoms with E-state index in [0.717, 1.165) is 5.96 Å². The van der Waals surface area contributed by atoms with Crippen molar-refractivity contribution in [3.63, 3.8) is 0 Å². The highest BCUT2D eigenvalue weighted by Gasteiger charge is 2.15. The molecule has 122 valence electrons. The molecular formula is C17H26FN3O. The standard InChI is InChI=1S/C17H26FN3O/c1-13(22-16-11-7-6-10-15(16)18)12-20-17(19-2)21-14-8-4-3-5-9-14/h6-7,10-11,13-14H,3-5,8-9,12H2,1-2H3,(H2,19,20,21). The van der Waals surface area contributed by atoms with Crippen LogP contribution in [0.2, 0.25) is 0 Å². The van der Waals surface area contributed by atoms with Crippen molar-refractivity contribution < 1.29 is 9.13 Å². The van der Waals surface area contributed by atoms with Crippen LogP contribution in [0.3, 0.4) is 0 Å². The van der Waals surface area contributed by atoms with Crippen molar-refractivity contribution in [1.82, 2.24) is 10.6 Å². The van der Waals surface area contributed by atoms with E-state index in [1.165, 1.54) is 38.2 Å². The molecule has 1 aromatic rings. The number of aliphatic imine (C=N–C) groups is 1. The Bertz CT molecular complexity index is 487. The maximum absolute atomic E-state index is 13.5. The number of hydrogen-bond acceptors (Lipinski definition) is 2. The lowest BCUT2D eigenvalue weighted by molar-refractivity contribution is 0.213. The van der Waals surface area contributed by atoms with Gasteiger partial charge in [-0.15, -0.1) is 0 Å². The number of ether oxygens (including phenoxy) is 1. The van der Waals surface area contributed by atoms with Gasteiger partial charge in [-0.2, -0.15) is 0 Å². The third kappa shape index (κ3) is 5.20. The van der Waals surface area contributed by atoms with Crippen molar-refractivity contribution in [3.8, 4) is 5.75 Å². The molecule has 1 unspecified atom stereocenters. The number of rotatable bonds is 5.